The minimum absolute atomic E-state index is 0.162. The molecule has 2 nitrogen and oxygen atoms in total. The molecule has 0 aliphatic carbocycles. The van der Waals surface area contributed by atoms with Gasteiger partial charge in [-0.15, -0.1) is 11.3 Å². The normalized spacial score (nSPS) is 12.7. The molecule has 0 aliphatic rings. The van der Waals surface area contributed by atoms with Crippen LogP contribution in [0, 0.1) is 12.7 Å². The standard InChI is InChI=1S/C14H16ClFN2S/c1-8(17-3)14-9(2)18-12(19-14)7-10-5-4-6-11(15)13(10)16/h4-6,8,17H,7H2,1-3H3. The van der Waals surface area contributed by atoms with Gasteiger partial charge in [-0.1, -0.05) is 23.7 Å². The maximum absolute atomic E-state index is 13.9. The molecule has 1 unspecified atom stereocenters. The van der Waals surface area contributed by atoms with Gasteiger partial charge < -0.3 is 5.32 Å². The summed E-state index contributed by atoms with van der Waals surface area (Å²) in [5, 5.41) is 4.27. The van der Waals surface area contributed by atoms with Gasteiger partial charge in [-0.05, 0) is 32.5 Å². The van der Waals surface area contributed by atoms with Gasteiger partial charge >= 0.3 is 0 Å². The van der Waals surface area contributed by atoms with Crippen molar-refractivity contribution in [1.82, 2.24) is 10.3 Å². The second kappa shape index (κ2) is 5.99. The van der Waals surface area contributed by atoms with Crippen LogP contribution in [0.25, 0.3) is 0 Å². The van der Waals surface area contributed by atoms with E-state index < -0.39 is 0 Å². The lowest BCUT2D eigenvalue weighted by molar-refractivity contribution is 0.614. The summed E-state index contributed by atoms with van der Waals surface area (Å²) in [6.45, 7) is 4.07. The van der Waals surface area contributed by atoms with Crippen molar-refractivity contribution in [3.63, 3.8) is 0 Å². The van der Waals surface area contributed by atoms with Gasteiger partial charge in [0.05, 0.1) is 15.7 Å². The number of halogens is 2. The van der Waals surface area contributed by atoms with Crippen molar-refractivity contribution in [2.24, 2.45) is 0 Å². The van der Waals surface area contributed by atoms with E-state index in [0.717, 1.165) is 10.7 Å². The molecular weight excluding hydrogens is 283 g/mol. The summed E-state index contributed by atoms with van der Waals surface area (Å²) in [7, 11) is 1.92. The van der Waals surface area contributed by atoms with Crippen molar-refractivity contribution in [3.05, 3.63) is 50.2 Å². The first-order valence-electron chi connectivity index (χ1n) is 6.09. The third-order valence-electron chi connectivity index (χ3n) is 3.08. The van der Waals surface area contributed by atoms with Crippen molar-refractivity contribution < 1.29 is 4.39 Å². The Kier molecular flexibility index (Phi) is 4.55. The van der Waals surface area contributed by atoms with Crippen LogP contribution in [0.2, 0.25) is 5.02 Å². The molecule has 0 saturated carbocycles. The van der Waals surface area contributed by atoms with E-state index in [4.69, 9.17) is 11.6 Å². The second-order valence-corrected chi connectivity index (χ2v) is 5.98. The van der Waals surface area contributed by atoms with E-state index in [1.165, 1.54) is 4.88 Å². The molecule has 0 amide bonds. The zero-order valence-corrected chi connectivity index (χ0v) is 12.7. The van der Waals surface area contributed by atoms with Crippen molar-refractivity contribution in [1.29, 1.82) is 0 Å². The number of thiazole rings is 1. The third kappa shape index (κ3) is 3.14. The van der Waals surface area contributed by atoms with Crippen LogP contribution in [-0.4, -0.2) is 12.0 Å². The maximum atomic E-state index is 13.9. The Morgan fingerprint density at radius 1 is 1.47 bits per heavy atom. The molecular formula is C14H16ClFN2S. The van der Waals surface area contributed by atoms with Crippen molar-refractivity contribution in [3.8, 4) is 0 Å². The van der Waals surface area contributed by atoms with Crippen LogP contribution in [0.15, 0.2) is 18.2 Å². The minimum atomic E-state index is -0.347. The number of hydrogen-bond donors (Lipinski definition) is 1. The molecule has 0 spiro atoms. The maximum Gasteiger partial charge on any atom is 0.145 e. The van der Waals surface area contributed by atoms with Gasteiger partial charge in [0.25, 0.3) is 0 Å². The van der Waals surface area contributed by atoms with Gasteiger partial charge in [-0.25, -0.2) is 9.37 Å². The summed E-state index contributed by atoms with van der Waals surface area (Å²) in [6, 6.07) is 5.33. The average Bonchev–Trinajstić information content (AvgIpc) is 2.75. The van der Waals surface area contributed by atoms with E-state index in [1.54, 1.807) is 29.5 Å². The number of aryl methyl sites for hydroxylation is 1. The Bertz CT molecular complexity index is 583. The van der Waals surface area contributed by atoms with Crippen molar-refractivity contribution >= 4 is 22.9 Å². The molecule has 1 aromatic carbocycles. The first kappa shape index (κ1) is 14.4. The summed E-state index contributed by atoms with van der Waals surface area (Å²) in [5.41, 5.74) is 1.59. The van der Waals surface area contributed by atoms with Crippen LogP contribution in [0.3, 0.4) is 0 Å². The van der Waals surface area contributed by atoms with Crippen LogP contribution in [-0.2, 0) is 6.42 Å². The average molecular weight is 299 g/mol. The Morgan fingerprint density at radius 2 is 2.21 bits per heavy atom. The summed E-state index contributed by atoms with van der Waals surface area (Å²) in [5.74, 6) is -0.347. The highest BCUT2D eigenvalue weighted by molar-refractivity contribution is 7.11. The zero-order chi connectivity index (χ0) is 14.0. The van der Waals surface area contributed by atoms with Crippen LogP contribution < -0.4 is 5.32 Å². The second-order valence-electron chi connectivity index (χ2n) is 4.46. The van der Waals surface area contributed by atoms with E-state index in [-0.39, 0.29) is 16.9 Å². The smallest absolute Gasteiger partial charge is 0.145 e. The lowest BCUT2D eigenvalue weighted by Gasteiger charge is -2.07. The highest BCUT2D eigenvalue weighted by atomic mass is 35.5. The fourth-order valence-electron chi connectivity index (χ4n) is 1.92. The molecule has 102 valence electrons. The monoisotopic (exact) mass is 298 g/mol. The lowest BCUT2D eigenvalue weighted by Crippen LogP contribution is -2.11. The molecule has 2 rings (SSSR count). The largest absolute Gasteiger partial charge is 0.312 e. The molecule has 1 atom stereocenters. The Labute approximate surface area is 121 Å². The molecule has 5 heteroatoms. The molecule has 0 radical (unpaired) electrons. The van der Waals surface area contributed by atoms with Crippen LogP contribution in [0.5, 0.6) is 0 Å². The fourth-order valence-corrected chi connectivity index (χ4v) is 3.27. The van der Waals surface area contributed by atoms with E-state index in [0.29, 0.717) is 12.0 Å². The van der Waals surface area contributed by atoms with Gasteiger partial charge in [-0.3, -0.25) is 0 Å². The molecule has 1 heterocycles. The predicted octanol–water partition coefficient (Wildman–Crippen LogP) is 4.12. The first-order valence-corrected chi connectivity index (χ1v) is 7.28. The number of hydrogen-bond acceptors (Lipinski definition) is 3. The Morgan fingerprint density at radius 3 is 2.89 bits per heavy atom. The lowest BCUT2D eigenvalue weighted by atomic mass is 10.1. The number of aromatic nitrogens is 1. The minimum Gasteiger partial charge on any atom is -0.312 e. The summed E-state index contributed by atoms with van der Waals surface area (Å²) in [4.78, 5) is 5.71. The van der Waals surface area contributed by atoms with Crippen molar-refractivity contribution in [2.75, 3.05) is 7.05 Å². The number of benzene rings is 1. The van der Waals surface area contributed by atoms with Gasteiger partial charge in [-0.2, -0.15) is 0 Å². The van der Waals surface area contributed by atoms with Crippen LogP contribution in [0.1, 0.15) is 34.1 Å². The molecule has 2 aromatic rings. The fraction of sp³-hybridized carbons (Fsp3) is 0.357. The Hall–Kier alpha value is -0.970. The van der Waals surface area contributed by atoms with Crippen LogP contribution >= 0.6 is 22.9 Å². The summed E-state index contributed by atoms with van der Waals surface area (Å²) in [6.07, 6.45) is 0.480. The molecule has 1 N–H and O–H groups in total. The topological polar surface area (TPSA) is 24.9 Å². The molecule has 0 aliphatic heterocycles. The van der Waals surface area contributed by atoms with Gasteiger partial charge in [0.15, 0.2) is 0 Å². The zero-order valence-electron chi connectivity index (χ0n) is 11.1. The quantitative estimate of drug-likeness (QED) is 0.918. The van der Waals surface area contributed by atoms with E-state index in [9.17, 15) is 4.39 Å². The highest BCUT2D eigenvalue weighted by Gasteiger charge is 2.15. The SMILES string of the molecule is CNC(C)c1sc(Cc2cccc(Cl)c2F)nc1C. The van der Waals surface area contributed by atoms with E-state index >= 15 is 0 Å². The van der Waals surface area contributed by atoms with Crippen LogP contribution in [0.4, 0.5) is 4.39 Å². The molecule has 0 saturated heterocycles. The predicted molar refractivity (Wildman–Crippen MR) is 78.5 cm³/mol. The van der Waals surface area contributed by atoms with Gasteiger partial charge in [0, 0.05) is 17.3 Å². The molecule has 0 bridgehead atoms. The number of nitrogens with one attached hydrogen (secondary N) is 1. The summed E-state index contributed by atoms with van der Waals surface area (Å²) >= 11 is 7.41. The summed E-state index contributed by atoms with van der Waals surface area (Å²) < 4.78 is 13.9. The first-order chi connectivity index (χ1) is 9.02. The highest BCUT2D eigenvalue weighted by Crippen LogP contribution is 2.27. The third-order valence-corrected chi connectivity index (χ3v) is 4.71. The van der Waals surface area contributed by atoms with E-state index in [2.05, 4.69) is 17.2 Å². The molecule has 1 aromatic heterocycles. The number of rotatable bonds is 4. The molecule has 19 heavy (non-hydrogen) atoms. The molecule has 0 fully saturated rings. The van der Waals surface area contributed by atoms with Crippen molar-refractivity contribution in [2.45, 2.75) is 26.3 Å². The van der Waals surface area contributed by atoms with E-state index in [1.807, 2.05) is 14.0 Å². The number of nitrogens with zero attached hydrogens (tertiary/aromatic N) is 1. The Balaban J connectivity index is 2.27. The van der Waals surface area contributed by atoms with Gasteiger partial charge in [0.1, 0.15) is 5.82 Å². The van der Waals surface area contributed by atoms with Gasteiger partial charge in [0.2, 0.25) is 0 Å².